The molecule has 2 aromatic carbocycles. The lowest BCUT2D eigenvalue weighted by atomic mass is 10.1. The van der Waals surface area contributed by atoms with E-state index in [1.165, 1.54) is 36.4 Å². The average molecular weight is 533 g/mol. The zero-order valence-corrected chi connectivity index (χ0v) is 20.5. The molecule has 1 aliphatic rings. The van der Waals surface area contributed by atoms with Crippen molar-refractivity contribution in [3.8, 4) is 5.69 Å². The van der Waals surface area contributed by atoms with E-state index in [0.29, 0.717) is 27.7 Å². The van der Waals surface area contributed by atoms with Crippen molar-refractivity contribution in [1.29, 1.82) is 0 Å². The molecule has 178 valence electrons. The third-order valence-electron chi connectivity index (χ3n) is 5.46. The van der Waals surface area contributed by atoms with Gasteiger partial charge in [0, 0.05) is 22.1 Å². The third kappa shape index (κ3) is 4.43. The van der Waals surface area contributed by atoms with Gasteiger partial charge in [0.25, 0.3) is 11.8 Å². The molecule has 3 aromatic rings. The first-order chi connectivity index (χ1) is 16.5. The van der Waals surface area contributed by atoms with E-state index in [-0.39, 0.29) is 26.9 Å². The Kier molecular flexibility index (Phi) is 6.46. The number of benzene rings is 2. The van der Waals surface area contributed by atoms with Crippen molar-refractivity contribution in [1.82, 2.24) is 9.88 Å². The molecule has 8 nitrogen and oxygen atoms in total. The molecule has 0 spiro atoms. The lowest BCUT2D eigenvalue weighted by molar-refractivity contribution is -0.122. The van der Waals surface area contributed by atoms with Gasteiger partial charge >= 0.3 is 12.0 Å². The van der Waals surface area contributed by atoms with Gasteiger partial charge in [-0.2, -0.15) is 0 Å². The minimum absolute atomic E-state index is 0.0600. The molecule has 4 rings (SSSR count). The zero-order chi connectivity index (χ0) is 25.6. The van der Waals surface area contributed by atoms with E-state index in [0.717, 1.165) is 4.90 Å². The number of amides is 4. The van der Waals surface area contributed by atoms with Gasteiger partial charge in [-0.25, -0.2) is 14.5 Å². The van der Waals surface area contributed by atoms with Crippen LogP contribution in [-0.2, 0) is 9.59 Å². The summed E-state index contributed by atoms with van der Waals surface area (Å²) in [4.78, 5) is 50.5. The number of carbonyl (C=O) groups is 4. The summed E-state index contributed by atoms with van der Waals surface area (Å²) in [6, 6.07) is 9.62. The van der Waals surface area contributed by atoms with Crippen molar-refractivity contribution in [2.45, 2.75) is 13.8 Å². The molecule has 11 heteroatoms. The van der Waals surface area contributed by atoms with Gasteiger partial charge in [-0.3, -0.25) is 14.9 Å². The monoisotopic (exact) mass is 531 g/mol. The number of nitrogens with zero attached hydrogens (tertiary/aromatic N) is 2. The summed E-state index contributed by atoms with van der Waals surface area (Å²) >= 11 is 18.1. The van der Waals surface area contributed by atoms with Crippen LogP contribution >= 0.6 is 34.8 Å². The second kappa shape index (κ2) is 9.22. The first-order valence-corrected chi connectivity index (χ1v) is 11.2. The van der Waals surface area contributed by atoms with Gasteiger partial charge in [-0.1, -0.05) is 34.8 Å². The van der Waals surface area contributed by atoms with Crippen molar-refractivity contribution in [3.63, 3.8) is 0 Å². The number of carbonyl (C=O) groups excluding carboxylic acids is 3. The SMILES string of the molecule is Cc1cc(/C=C2\C(=O)NC(=O)N(c3ccc(Cl)cc3Cl)C2=O)c(C)n1-c1ccc(Cl)c(C(=O)O)c1. The smallest absolute Gasteiger partial charge is 0.337 e. The third-order valence-corrected chi connectivity index (χ3v) is 6.33. The fourth-order valence-corrected chi connectivity index (χ4v) is 4.53. The molecule has 0 radical (unpaired) electrons. The number of hydrogen-bond donors (Lipinski definition) is 2. The second-order valence-electron chi connectivity index (χ2n) is 7.68. The Morgan fingerprint density at radius 2 is 1.69 bits per heavy atom. The Morgan fingerprint density at radius 1 is 0.971 bits per heavy atom. The Bertz CT molecular complexity index is 1480. The maximum Gasteiger partial charge on any atom is 0.337 e. The fourth-order valence-electron chi connectivity index (χ4n) is 3.84. The van der Waals surface area contributed by atoms with Gasteiger partial charge in [-0.15, -0.1) is 0 Å². The summed E-state index contributed by atoms with van der Waals surface area (Å²) in [5, 5.41) is 12.0. The minimum atomic E-state index is -1.17. The lowest BCUT2D eigenvalue weighted by Crippen LogP contribution is -2.54. The minimum Gasteiger partial charge on any atom is -0.478 e. The van der Waals surface area contributed by atoms with Crippen molar-refractivity contribution >= 4 is 70.4 Å². The number of aryl methyl sites for hydroxylation is 1. The molecule has 2 heterocycles. The van der Waals surface area contributed by atoms with Crippen LogP contribution < -0.4 is 10.2 Å². The van der Waals surface area contributed by atoms with E-state index >= 15 is 0 Å². The molecule has 1 aromatic heterocycles. The van der Waals surface area contributed by atoms with E-state index in [4.69, 9.17) is 34.8 Å². The van der Waals surface area contributed by atoms with Gasteiger partial charge in [0.2, 0.25) is 0 Å². The highest BCUT2D eigenvalue weighted by Gasteiger charge is 2.38. The van der Waals surface area contributed by atoms with Crippen LogP contribution in [0.4, 0.5) is 10.5 Å². The maximum atomic E-state index is 13.2. The Morgan fingerprint density at radius 3 is 2.34 bits per heavy atom. The van der Waals surface area contributed by atoms with E-state index < -0.39 is 23.8 Å². The number of aromatic nitrogens is 1. The quantitative estimate of drug-likeness (QED) is 0.345. The van der Waals surface area contributed by atoms with E-state index in [1.807, 2.05) is 0 Å². The van der Waals surface area contributed by atoms with Gasteiger partial charge in [0.05, 0.1) is 21.3 Å². The first-order valence-electron chi connectivity index (χ1n) is 10.1. The highest BCUT2D eigenvalue weighted by Crippen LogP contribution is 2.32. The number of hydrogen-bond acceptors (Lipinski definition) is 4. The highest BCUT2D eigenvalue weighted by molar-refractivity contribution is 6.42. The summed E-state index contributed by atoms with van der Waals surface area (Å²) in [5.74, 6) is -2.88. The molecule has 0 bridgehead atoms. The molecule has 1 saturated heterocycles. The van der Waals surface area contributed by atoms with Gasteiger partial charge in [-0.05, 0) is 68.0 Å². The van der Waals surface area contributed by atoms with Crippen LogP contribution in [0, 0.1) is 13.8 Å². The van der Waals surface area contributed by atoms with E-state index in [9.17, 15) is 24.3 Å². The number of rotatable bonds is 4. The molecule has 0 saturated carbocycles. The van der Waals surface area contributed by atoms with E-state index in [2.05, 4.69) is 5.32 Å². The Balaban J connectivity index is 1.79. The largest absolute Gasteiger partial charge is 0.478 e. The molecule has 1 fully saturated rings. The van der Waals surface area contributed by atoms with Crippen molar-refractivity contribution in [2.24, 2.45) is 0 Å². The topological polar surface area (TPSA) is 109 Å². The predicted molar refractivity (Wildman–Crippen MR) is 133 cm³/mol. The maximum absolute atomic E-state index is 13.2. The standard InChI is InChI=1S/C24H16Cl3N3O5/c1-11-7-13(12(2)29(11)15-4-5-18(26)16(10-15)23(33)34)8-17-21(31)28-24(35)30(22(17)32)20-6-3-14(25)9-19(20)27/h3-10H,1-2H3,(H,33,34)(H,28,31,35)/b17-8+. The highest BCUT2D eigenvalue weighted by atomic mass is 35.5. The molecule has 35 heavy (non-hydrogen) atoms. The number of halogens is 3. The van der Waals surface area contributed by atoms with Crippen LogP contribution in [0.25, 0.3) is 11.8 Å². The zero-order valence-electron chi connectivity index (χ0n) is 18.2. The van der Waals surface area contributed by atoms with E-state index in [1.54, 1.807) is 30.5 Å². The molecule has 0 atom stereocenters. The van der Waals surface area contributed by atoms with Gasteiger partial charge in [0.1, 0.15) is 5.57 Å². The molecular formula is C24H16Cl3N3O5. The average Bonchev–Trinajstić information content (AvgIpc) is 3.05. The van der Waals surface area contributed by atoms with Crippen LogP contribution in [0.3, 0.4) is 0 Å². The second-order valence-corrected chi connectivity index (χ2v) is 8.94. The van der Waals surface area contributed by atoms with Crippen LogP contribution in [0.5, 0.6) is 0 Å². The number of carboxylic acid groups (broad SMARTS) is 1. The molecule has 0 unspecified atom stereocenters. The van der Waals surface area contributed by atoms with Crippen LogP contribution in [0.15, 0.2) is 48.0 Å². The normalized spacial score (nSPS) is 15.1. The van der Waals surface area contributed by atoms with Crippen molar-refractivity contribution < 1.29 is 24.3 Å². The predicted octanol–water partition coefficient (Wildman–Crippen LogP) is 5.42. The molecule has 1 aliphatic heterocycles. The number of aromatic carboxylic acids is 1. The number of imide groups is 2. The van der Waals surface area contributed by atoms with Crippen LogP contribution in [0.2, 0.25) is 15.1 Å². The first kappa shape index (κ1) is 24.5. The molecule has 0 aliphatic carbocycles. The molecular weight excluding hydrogens is 517 g/mol. The lowest BCUT2D eigenvalue weighted by Gasteiger charge is -2.27. The van der Waals surface area contributed by atoms with Gasteiger partial charge in [0.15, 0.2) is 0 Å². The number of nitrogens with one attached hydrogen (secondary N) is 1. The number of urea groups is 1. The fraction of sp³-hybridized carbons (Fsp3) is 0.0833. The summed E-state index contributed by atoms with van der Waals surface area (Å²) < 4.78 is 1.76. The van der Waals surface area contributed by atoms with Gasteiger partial charge < -0.3 is 9.67 Å². The Hall–Kier alpha value is -3.59. The summed E-state index contributed by atoms with van der Waals surface area (Å²) in [6.07, 6.45) is 1.37. The van der Waals surface area contributed by atoms with Crippen molar-refractivity contribution in [2.75, 3.05) is 4.90 Å². The Labute approximate surface area is 214 Å². The summed E-state index contributed by atoms with van der Waals surface area (Å²) in [6.45, 7) is 3.54. The van der Waals surface area contributed by atoms with Crippen molar-refractivity contribution in [3.05, 3.63) is 85.6 Å². The number of carboxylic acids is 1. The number of barbiturate groups is 1. The molecule has 4 amide bonds. The van der Waals surface area contributed by atoms with Crippen LogP contribution in [0.1, 0.15) is 27.3 Å². The number of anilines is 1. The van der Waals surface area contributed by atoms with Crippen LogP contribution in [-0.4, -0.2) is 33.5 Å². The molecule has 2 N–H and O–H groups in total. The summed E-state index contributed by atoms with van der Waals surface area (Å²) in [5.41, 5.74) is 2.13. The summed E-state index contributed by atoms with van der Waals surface area (Å²) in [7, 11) is 0.